The molecule has 2 aromatic carbocycles. The zero-order valence-electron chi connectivity index (χ0n) is 19.9. The number of aryl methyl sites for hydroxylation is 1. The van der Waals surface area contributed by atoms with E-state index in [0.29, 0.717) is 30.2 Å². The number of ether oxygens (including phenoxy) is 2. The Morgan fingerprint density at radius 3 is 2.21 bits per heavy atom. The van der Waals surface area contributed by atoms with Crippen LogP contribution in [0, 0.1) is 6.92 Å². The van der Waals surface area contributed by atoms with E-state index in [0.717, 1.165) is 24.2 Å². The number of carbonyl (C=O) groups excluding carboxylic acids is 2. The minimum atomic E-state index is -0.688. The zero-order chi connectivity index (χ0) is 24.1. The minimum absolute atomic E-state index is 0.0793. The summed E-state index contributed by atoms with van der Waals surface area (Å²) in [7, 11) is 3.02. The molecule has 0 bridgehead atoms. The van der Waals surface area contributed by atoms with Crippen LogP contribution in [0.2, 0.25) is 0 Å². The molecule has 7 nitrogen and oxygen atoms in total. The number of aliphatic hydroxyl groups excluding tert-OH is 1. The first kappa shape index (κ1) is 24.3. The lowest BCUT2D eigenvalue weighted by Gasteiger charge is -2.28. The van der Waals surface area contributed by atoms with Crippen molar-refractivity contribution in [1.29, 1.82) is 0 Å². The molecule has 0 spiro atoms. The molecule has 176 valence electrons. The van der Waals surface area contributed by atoms with Crippen LogP contribution in [0.1, 0.15) is 36.6 Å². The molecule has 2 aromatic rings. The maximum Gasteiger partial charge on any atom is 0.295 e. The third kappa shape index (κ3) is 4.88. The van der Waals surface area contributed by atoms with Crippen molar-refractivity contribution >= 4 is 17.4 Å². The molecular formula is C26H32N2O5. The molecule has 0 saturated carbocycles. The smallest absolute Gasteiger partial charge is 0.295 e. The highest BCUT2D eigenvalue weighted by atomic mass is 16.5. The van der Waals surface area contributed by atoms with Gasteiger partial charge in [-0.15, -0.1) is 0 Å². The highest BCUT2D eigenvalue weighted by molar-refractivity contribution is 6.46. The molecule has 1 heterocycles. The van der Waals surface area contributed by atoms with E-state index in [1.807, 2.05) is 31.2 Å². The summed E-state index contributed by atoms with van der Waals surface area (Å²) in [5.74, 6) is -0.597. The number of likely N-dealkylation sites (N-methyl/N-ethyl adjacent to an activating group) is 1. The number of ketones is 1. The summed E-state index contributed by atoms with van der Waals surface area (Å²) < 4.78 is 10.6. The lowest BCUT2D eigenvalue weighted by molar-refractivity contribution is -0.140. The fraction of sp³-hybridized carbons (Fsp3) is 0.385. The molecular weight excluding hydrogens is 420 g/mol. The fourth-order valence-corrected chi connectivity index (χ4v) is 4.13. The van der Waals surface area contributed by atoms with Crippen LogP contribution in [0.3, 0.4) is 0 Å². The molecule has 1 amide bonds. The second-order valence-corrected chi connectivity index (χ2v) is 8.00. The van der Waals surface area contributed by atoms with Crippen molar-refractivity contribution in [2.75, 3.05) is 40.4 Å². The first-order chi connectivity index (χ1) is 15.9. The Morgan fingerprint density at radius 1 is 1.00 bits per heavy atom. The molecule has 1 atom stereocenters. The first-order valence-electron chi connectivity index (χ1n) is 11.2. The third-order valence-corrected chi connectivity index (χ3v) is 6.14. The quantitative estimate of drug-likeness (QED) is 0.354. The molecule has 1 aliphatic rings. The average Bonchev–Trinajstić information content (AvgIpc) is 3.09. The third-order valence-electron chi connectivity index (χ3n) is 6.14. The summed E-state index contributed by atoms with van der Waals surface area (Å²) in [6.45, 7) is 8.82. The van der Waals surface area contributed by atoms with Crippen molar-refractivity contribution in [1.82, 2.24) is 9.80 Å². The highest BCUT2D eigenvalue weighted by Crippen LogP contribution is 2.40. The Kier molecular flexibility index (Phi) is 7.76. The number of amides is 1. The predicted molar refractivity (Wildman–Crippen MR) is 128 cm³/mol. The SMILES string of the molecule is CCN(CC)CCN1C(=O)C(=O)C(=C(O)c2ccc(OC)c(OC)c2)[C@@H]1c1ccc(C)cc1. The van der Waals surface area contributed by atoms with Gasteiger partial charge in [0.15, 0.2) is 11.5 Å². The summed E-state index contributed by atoms with van der Waals surface area (Å²) in [6, 6.07) is 11.9. The summed E-state index contributed by atoms with van der Waals surface area (Å²) >= 11 is 0. The number of likely N-dealkylation sites (tertiary alicyclic amines) is 1. The molecule has 33 heavy (non-hydrogen) atoms. The Balaban J connectivity index is 2.12. The van der Waals surface area contributed by atoms with Gasteiger partial charge in [0.1, 0.15) is 5.76 Å². The van der Waals surface area contributed by atoms with Crippen molar-refractivity contribution in [2.24, 2.45) is 0 Å². The van der Waals surface area contributed by atoms with Crippen LogP contribution in [0.15, 0.2) is 48.0 Å². The van der Waals surface area contributed by atoms with E-state index in [-0.39, 0.29) is 11.3 Å². The number of methoxy groups -OCH3 is 2. The monoisotopic (exact) mass is 452 g/mol. The molecule has 0 aliphatic carbocycles. The van der Waals surface area contributed by atoms with E-state index in [4.69, 9.17) is 9.47 Å². The van der Waals surface area contributed by atoms with Crippen LogP contribution in [0.4, 0.5) is 0 Å². The number of Topliss-reactive ketones (excluding diaryl/α,β-unsaturated/α-hetero) is 1. The van der Waals surface area contributed by atoms with Crippen LogP contribution >= 0.6 is 0 Å². The summed E-state index contributed by atoms with van der Waals surface area (Å²) in [5.41, 5.74) is 2.31. The predicted octanol–water partition coefficient (Wildman–Crippen LogP) is 3.78. The second-order valence-electron chi connectivity index (χ2n) is 8.00. The highest BCUT2D eigenvalue weighted by Gasteiger charge is 2.46. The maximum absolute atomic E-state index is 13.2. The minimum Gasteiger partial charge on any atom is -0.507 e. The van der Waals surface area contributed by atoms with E-state index < -0.39 is 17.7 Å². The molecule has 0 aromatic heterocycles. The van der Waals surface area contributed by atoms with Crippen molar-refractivity contribution in [2.45, 2.75) is 26.8 Å². The van der Waals surface area contributed by atoms with Crippen molar-refractivity contribution < 1.29 is 24.2 Å². The van der Waals surface area contributed by atoms with Crippen LogP contribution in [-0.2, 0) is 9.59 Å². The van der Waals surface area contributed by atoms with Gasteiger partial charge in [0.05, 0.1) is 25.8 Å². The molecule has 0 radical (unpaired) electrons. The largest absolute Gasteiger partial charge is 0.507 e. The van der Waals surface area contributed by atoms with E-state index in [1.165, 1.54) is 14.2 Å². The summed E-state index contributed by atoms with van der Waals surface area (Å²) in [6.07, 6.45) is 0. The zero-order valence-corrected chi connectivity index (χ0v) is 19.9. The number of hydrogen-bond acceptors (Lipinski definition) is 6. The van der Waals surface area contributed by atoms with Gasteiger partial charge < -0.3 is 24.4 Å². The van der Waals surface area contributed by atoms with E-state index in [2.05, 4.69) is 18.7 Å². The van der Waals surface area contributed by atoms with E-state index in [9.17, 15) is 14.7 Å². The van der Waals surface area contributed by atoms with Gasteiger partial charge in [-0.05, 0) is 43.8 Å². The number of rotatable bonds is 9. The lowest BCUT2D eigenvalue weighted by atomic mass is 9.94. The maximum atomic E-state index is 13.2. The van der Waals surface area contributed by atoms with Gasteiger partial charge in [0.25, 0.3) is 11.7 Å². The van der Waals surface area contributed by atoms with Gasteiger partial charge in [0, 0.05) is 18.7 Å². The van der Waals surface area contributed by atoms with E-state index >= 15 is 0 Å². The van der Waals surface area contributed by atoms with Crippen molar-refractivity contribution in [3.8, 4) is 11.5 Å². The molecule has 1 aliphatic heterocycles. The number of aliphatic hydroxyl groups is 1. The number of carbonyl (C=O) groups is 2. The number of benzene rings is 2. The fourth-order valence-electron chi connectivity index (χ4n) is 4.13. The first-order valence-corrected chi connectivity index (χ1v) is 11.2. The molecule has 1 N–H and O–H groups in total. The Labute approximate surface area is 195 Å². The van der Waals surface area contributed by atoms with Crippen LogP contribution in [-0.4, -0.2) is 67.0 Å². The summed E-state index contributed by atoms with van der Waals surface area (Å²) in [5, 5.41) is 11.2. The van der Waals surface area contributed by atoms with Gasteiger partial charge in [0.2, 0.25) is 0 Å². The molecule has 1 fully saturated rings. The summed E-state index contributed by atoms with van der Waals surface area (Å²) in [4.78, 5) is 30.0. The van der Waals surface area contributed by atoms with Gasteiger partial charge in [-0.3, -0.25) is 9.59 Å². The molecule has 1 saturated heterocycles. The molecule has 3 rings (SSSR count). The van der Waals surface area contributed by atoms with E-state index in [1.54, 1.807) is 23.1 Å². The molecule has 0 unspecified atom stereocenters. The lowest BCUT2D eigenvalue weighted by Crippen LogP contribution is -2.38. The van der Waals surface area contributed by atoms with Crippen LogP contribution in [0.25, 0.3) is 5.76 Å². The van der Waals surface area contributed by atoms with Gasteiger partial charge >= 0.3 is 0 Å². The topological polar surface area (TPSA) is 79.3 Å². The molecule has 7 heteroatoms. The second kappa shape index (κ2) is 10.5. The van der Waals surface area contributed by atoms with Crippen LogP contribution < -0.4 is 9.47 Å². The van der Waals surface area contributed by atoms with Crippen molar-refractivity contribution in [3.05, 3.63) is 64.7 Å². The van der Waals surface area contributed by atoms with Gasteiger partial charge in [-0.25, -0.2) is 0 Å². The Bertz CT molecular complexity index is 1040. The normalized spacial score (nSPS) is 17.6. The van der Waals surface area contributed by atoms with Gasteiger partial charge in [-0.2, -0.15) is 0 Å². The van der Waals surface area contributed by atoms with Crippen LogP contribution in [0.5, 0.6) is 11.5 Å². The van der Waals surface area contributed by atoms with Crippen molar-refractivity contribution in [3.63, 3.8) is 0 Å². The average molecular weight is 453 g/mol. The number of nitrogens with zero attached hydrogens (tertiary/aromatic N) is 2. The van der Waals surface area contributed by atoms with Gasteiger partial charge in [-0.1, -0.05) is 43.7 Å². The Morgan fingerprint density at radius 2 is 1.64 bits per heavy atom. The Hall–Kier alpha value is -3.32. The standard InChI is InChI=1S/C26H32N2O5/c1-6-27(7-2)14-15-28-23(18-10-8-17(3)9-11-18)22(25(30)26(28)31)24(29)19-12-13-20(32-4)21(16-19)33-5/h8-13,16,23,29H,6-7,14-15H2,1-5H3/t23-/m0/s1. The number of hydrogen-bond donors (Lipinski definition) is 1.